The average Bonchev–Trinajstić information content (AvgIpc) is 2.47. The van der Waals surface area contributed by atoms with E-state index < -0.39 is 5.97 Å². The topological polar surface area (TPSA) is 88.9 Å². The number of benzene rings is 1. The molecule has 1 aromatic carbocycles. The van der Waals surface area contributed by atoms with Gasteiger partial charge in [-0.15, -0.1) is 0 Å². The van der Waals surface area contributed by atoms with Gasteiger partial charge in [-0.25, -0.2) is 24.7 Å². The lowest BCUT2D eigenvalue weighted by Gasteiger charge is -2.05. The largest absolute Gasteiger partial charge is 0.478 e. The summed E-state index contributed by atoms with van der Waals surface area (Å²) in [6, 6.07) is 7.65. The SMILES string of the molecule is Cc1nc(Sc2ncnc3ccccc23)ncc1C(=O)O. The van der Waals surface area contributed by atoms with Crippen LogP contribution in [0.25, 0.3) is 10.9 Å². The number of carboxylic acids is 1. The third-order valence-corrected chi connectivity index (χ3v) is 3.78. The molecule has 0 aliphatic carbocycles. The molecule has 0 spiro atoms. The number of para-hydroxylation sites is 1. The van der Waals surface area contributed by atoms with Gasteiger partial charge in [0.25, 0.3) is 0 Å². The first kappa shape index (κ1) is 13.4. The second-order valence-corrected chi connectivity index (χ2v) is 5.21. The van der Waals surface area contributed by atoms with Gasteiger partial charge in [0.2, 0.25) is 0 Å². The smallest absolute Gasteiger partial charge is 0.339 e. The highest BCUT2D eigenvalue weighted by atomic mass is 32.2. The lowest BCUT2D eigenvalue weighted by Crippen LogP contribution is -2.04. The molecular formula is C14H10N4O2S. The highest BCUT2D eigenvalue weighted by Gasteiger charge is 2.12. The van der Waals surface area contributed by atoms with Crippen molar-refractivity contribution in [3.8, 4) is 0 Å². The van der Waals surface area contributed by atoms with E-state index in [4.69, 9.17) is 5.11 Å². The Morgan fingerprint density at radius 2 is 2.00 bits per heavy atom. The fourth-order valence-corrected chi connectivity index (χ4v) is 2.70. The fraction of sp³-hybridized carbons (Fsp3) is 0.0714. The van der Waals surface area contributed by atoms with Gasteiger partial charge in [-0.05, 0) is 24.8 Å². The highest BCUT2D eigenvalue weighted by molar-refractivity contribution is 7.99. The number of fused-ring (bicyclic) bond motifs is 1. The summed E-state index contributed by atoms with van der Waals surface area (Å²) in [7, 11) is 0. The zero-order chi connectivity index (χ0) is 14.8. The van der Waals surface area contributed by atoms with E-state index in [1.54, 1.807) is 6.92 Å². The summed E-state index contributed by atoms with van der Waals surface area (Å²) in [6.45, 7) is 1.65. The Kier molecular flexibility index (Phi) is 3.49. The van der Waals surface area contributed by atoms with E-state index in [9.17, 15) is 4.79 Å². The lowest BCUT2D eigenvalue weighted by atomic mass is 10.2. The molecule has 0 saturated carbocycles. The van der Waals surface area contributed by atoms with Crippen LogP contribution < -0.4 is 0 Å². The molecule has 0 unspecified atom stereocenters. The molecule has 2 aromatic heterocycles. The van der Waals surface area contributed by atoms with Crippen molar-refractivity contribution in [1.29, 1.82) is 0 Å². The molecule has 0 aliphatic heterocycles. The summed E-state index contributed by atoms with van der Waals surface area (Å²) in [5.41, 5.74) is 1.37. The molecule has 1 N–H and O–H groups in total. The van der Waals surface area contributed by atoms with Gasteiger partial charge in [0, 0.05) is 11.6 Å². The summed E-state index contributed by atoms with van der Waals surface area (Å²) < 4.78 is 0. The van der Waals surface area contributed by atoms with Crippen LogP contribution in [-0.2, 0) is 0 Å². The number of aryl methyl sites for hydroxylation is 1. The van der Waals surface area contributed by atoms with Crippen molar-refractivity contribution < 1.29 is 9.90 Å². The summed E-state index contributed by atoms with van der Waals surface area (Å²) in [5, 5.41) is 11.1. The predicted octanol–water partition coefficient (Wildman–Crippen LogP) is 2.58. The highest BCUT2D eigenvalue weighted by Crippen LogP contribution is 2.28. The average molecular weight is 298 g/mol. The summed E-state index contributed by atoms with van der Waals surface area (Å²) in [4.78, 5) is 27.7. The minimum Gasteiger partial charge on any atom is -0.478 e. The Morgan fingerprint density at radius 3 is 2.76 bits per heavy atom. The Bertz CT molecular complexity index is 833. The van der Waals surface area contributed by atoms with Gasteiger partial charge in [0.1, 0.15) is 11.4 Å². The molecule has 2 heterocycles. The van der Waals surface area contributed by atoms with Gasteiger partial charge in [-0.1, -0.05) is 18.2 Å². The molecule has 0 aliphatic rings. The van der Waals surface area contributed by atoms with Gasteiger partial charge in [0.05, 0.1) is 16.8 Å². The quantitative estimate of drug-likeness (QED) is 0.587. The molecule has 6 nitrogen and oxygen atoms in total. The van der Waals surface area contributed by atoms with Crippen molar-refractivity contribution in [1.82, 2.24) is 19.9 Å². The molecule has 21 heavy (non-hydrogen) atoms. The molecule has 0 atom stereocenters. The number of carboxylic acid groups (broad SMARTS) is 1. The van der Waals surface area contributed by atoms with Crippen LogP contribution in [0.1, 0.15) is 16.1 Å². The molecule has 0 amide bonds. The normalized spacial score (nSPS) is 10.7. The van der Waals surface area contributed by atoms with Crippen LogP contribution in [0.2, 0.25) is 0 Å². The maximum atomic E-state index is 11.0. The first-order valence-corrected chi connectivity index (χ1v) is 6.91. The number of hydrogen-bond acceptors (Lipinski definition) is 6. The van der Waals surface area contributed by atoms with Crippen molar-refractivity contribution >= 4 is 28.6 Å². The maximum Gasteiger partial charge on any atom is 0.339 e. The van der Waals surface area contributed by atoms with Gasteiger partial charge >= 0.3 is 5.97 Å². The molecule has 0 fully saturated rings. The van der Waals surface area contributed by atoms with Crippen LogP contribution in [0.4, 0.5) is 0 Å². The number of rotatable bonds is 3. The second-order valence-electron chi connectivity index (χ2n) is 4.25. The van der Waals surface area contributed by atoms with Crippen molar-refractivity contribution in [3.05, 3.63) is 48.0 Å². The molecule has 0 bridgehead atoms. The van der Waals surface area contributed by atoms with Crippen LogP contribution in [0.3, 0.4) is 0 Å². The fourth-order valence-electron chi connectivity index (χ4n) is 1.85. The van der Waals surface area contributed by atoms with Gasteiger partial charge < -0.3 is 5.11 Å². The molecule has 3 aromatic rings. The van der Waals surface area contributed by atoms with Crippen molar-refractivity contribution in [2.45, 2.75) is 17.1 Å². The number of carbonyl (C=O) groups is 1. The Hall–Kier alpha value is -2.54. The first-order chi connectivity index (χ1) is 10.1. The molecular weight excluding hydrogens is 288 g/mol. The molecule has 7 heteroatoms. The number of aromatic nitrogens is 4. The van der Waals surface area contributed by atoms with Gasteiger partial charge in [0.15, 0.2) is 5.16 Å². The molecule has 0 saturated heterocycles. The Morgan fingerprint density at radius 1 is 1.19 bits per heavy atom. The van der Waals surface area contributed by atoms with E-state index in [0.29, 0.717) is 10.9 Å². The van der Waals surface area contributed by atoms with E-state index in [1.165, 1.54) is 24.3 Å². The third kappa shape index (κ3) is 2.68. The molecule has 104 valence electrons. The van der Waals surface area contributed by atoms with Crippen LogP contribution >= 0.6 is 11.8 Å². The van der Waals surface area contributed by atoms with Crippen LogP contribution in [0, 0.1) is 6.92 Å². The predicted molar refractivity (Wildman–Crippen MR) is 77.4 cm³/mol. The summed E-state index contributed by atoms with van der Waals surface area (Å²) in [5.74, 6) is -1.03. The van der Waals surface area contributed by atoms with Gasteiger partial charge in [-0.2, -0.15) is 0 Å². The Labute approximate surface area is 124 Å². The van der Waals surface area contributed by atoms with Gasteiger partial charge in [-0.3, -0.25) is 0 Å². The lowest BCUT2D eigenvalue weighted by molar-refractivity contribution is 0.0695. The molecule has 0 radical (unpaired) electrons. The standard InChI is InChI=1S/C14H10N4O2S/c1-8-10(13(19)20)6-15-14(18-8)21-12-9-4-2-3-5-11(9)16-7-17-12/h2-7H,1H3,(H,19,20). The van der Waals surface area contributed by atoms with E-state index in [0.717, 1.165) is 15.9 Å². The van der Waals surface area contributed by atoms with Crippen molar-refractivity contribution in [2.24, 2.45) is 0 Å². The number of nitrogens with zero attached hydrogens (tertiary/aromatic N) is 4. The van der Waals surface area contributed by atoms with E-state index in [1.807, 2.05) is 24.3 Å². The third-order valence-electron chi connectivity index (χ3n) is 2.88. The van der Waals surface area contributed by atoms with Crippen LogP contribution in [-0.4, -0.2) is 31.0 Å². The zero-order valence-electron chi connectivity index (χ0n) is 11.0. The molecule has 3 rings (SSSR count). The summed E-state index contributed by atoms with van der Waals surface area (Å²) in [6.07, 6.45) is 2.81. The number of aromatic carboxylic acids is 1. The van der Waals surface area contributed by atoms with E-state index >= 15 is 0 Å². The first-order valence-electron chi connectivity index (χ1n) is 6.09. The Balaban J connectivity index is 1.99. The van der Waals surface area contributed by atoms with Crippen molar-refractivity contribution in [3.63, 3.8) is 0 Å². The minimum atomic E-state index is -1.03. The van der Waals surface area contributed by atoms with E-state index in [2.05, 4.69) is 19.9 Å². The maximum absolute atomic E-state index is 11.0. The van der Waals surface area contributed by atoms with E-state index in [-0.39, 0.29) is 5.56 Å². The van der Waals surface area contributed by atoms with Crippen LogP contribution in [0.15, 0.2) is 47.0 Å². The minimum absolute atomic E-state index is 0.104. The monoisotopic (exact) mass is 298 g/mol. The van der Waals surface area contributed by atoms with Crippen LogP contribution in [0.5, 0.6) is 0 Å². The second kappa shape index (κ2) is 5.45. The van der Waals surface area contributed by atoms with Crippen molar-refractivity contribution in [2.75, 3.05) is 0 Å². The zero-order valence-corrected chi connectivity index (χ0v) is 11.8. The summed E-state index contributed by atoms with van der Waals surface area (Å²) >= 11 is 1.29. The number of hydrogen-bond donors (Lipinski definition) is 1.